The van der Waals surface area contributed by atoms with Gasteiger partial charge in [-0.2, -0.15) is 5.10 Å². The number of aromatic amines is 1. The Morgan fingerprint density at radius 2 is 2.14 bits per heavy atom. The largest absolute Gasteiger partial charge is 0.454 e. The molecule has 0 spiro atoms. The van der Waals surface area contributed by atoms with E-state index in [-0.39, 0.29) is 23.2 Å². The van der Waals surface area contributed by atoms with Crippen LogP contribution in [-0.2, 0) is 4.79 Å². The molecule has 114 valence electrons. The van der Waals surface area contributed by atoms with E-state index in [1.807, 2.05) is 32.0 Å². The molecule has 0 aliphatic carbocycles. The van der Waals surface area contributed by atoms with E-state index in [1.54, 1.807) is 11.8 Å². The Hall–Kier alpha value is -2.15. The molecule has 2 aliphatic rings. The number of nitrogens with one attached hydrogen (secondary N) is 2. The maximum Gasteiger partial charge on any atom is 0.238 e. The zero-order valence-corrected chi connectivity index (χ0v) is 13.0. The minimum Gasteiger partial charge on any atom is -0.454 e. The van der Waals surface area contributed by atoms with Crippen LogP contribution in [0.1, 0.15) is 29.0 Å². The zero-order chi connectivity index (χ0) is 15.3. The van der Waals surface area contributed by atoms with Gasteiger partial charge in [-0.3, -0.25) is 9.89 Å². The summed E-state index contributed by atoms with van der Waals surface area (Å²) < 4.78 is 10.8. The summed E-state index contributed by atoms with van der Waals surface area (Å²) in [5.41, 5.74) is 3.05. The van der Waals surface area contributed by atoms with E-state index in [0.717, 1.165) is 28.3 Å². The number of amides is 1. The molecule has 22 heavy (non-hydrogen) atoms. The highest BCUT2D eigenvalue weighted by atomic mass is 32.2. The number of carbonyl (C=O) groups excluding carboxylic acids is 1. The van der Waals surface area contributed by atoms with Crippen molar-refractivity contribution in [2.24, 2.45) is 0 Å². The second-order valence-corrected chi connectivity index (χ2v) is 6.82. The van der Waals surface area contributed by atoms with Gasteiger partial charge in [0.1, 0.15) is 0 Å². The number of aryl methyl sites for hydroxylation is 1. The summed E-state index contributed by atoms with van der Waals surface area (Å²) in [5.74, 6) is 2.09. The van der Waals surface area contributed by atoms with Gasteiger partial charge >= 0.3 is 0 Å². The number of anilines is 1. The third-order valence-corrected chi connectivity index (χ3v) is 5.31. The van der Waals surface area contributed by atoms with Crippen LogP contribution >= 0.6 is 11.8 Å². The standard InChI is InChI=1S/C15H15N3O3S/c1-7-12-13(9-3-4-10-11(5-9)21-6-20-10)22-8(2)15(19)16-14(12)18-17-7/h3-5,8,13H,6H2,1-2H3,(H2,16,17,18,19)/t8-,13+/m1/s1. The fraction of sp³-hybridized carbons (Fsp3) is 0.333. The number of fused-ring (bicyclic) bond motifs is 2. The van der Waals surface area contributed by atoms with Crippen LogP contribution in [-0.4, -0.2) is 28.1 Å². The van der Waals surface area contributed by atoms with Crippen molar-refractivity contribution in [1.82, 2.24) is 10.2 Å². The van der Waals surface area contributed by atoms with Crippen LogP contribution in [0.15, 0.2) is 18.2 Å². The first-order valence-corrected chi connectivity index (χ1v) is 7.98. The van der Waals surface area contributed by atoms with Gasteiger partial charge in [0.15, 0.2) is 17.3 Å². The number of thioether (sulfide) groups is 1. The molecule has 2 atom stereocenters. The third kappa shape index (κ3) is 2.04. The van der Waals surface area contributed by atoms with Crippen molar-refractivity contribution in [1.29, 1.82) is 0 Å². The van der Waals surface area contributed by atoms with E-state index in [2.05, 4.69) is 15.5 Å². The number of carbonyl (C=O) groups is 1. The Bertz CT molecular complexity index is 758. The lowest BCUT2D eigenvalue weighted by molar-refractivity contribution is -0.115. The molecule has 0 bridgehead atoms. The van der Waals surface area contributed by atoms with Crippen LogP contribution in [0.5, 0.6) is 11.5 Å². The average molecular weight is 317 g/mol. The fourth-order valence-electron chi connectivity index (χ4n) is 2.73. The third-order valence-electron chi connectivity index (χ3n) is 3.91. The molecule has 2 aromatic rings. The van der Waals surface area contributed by atoms with Gasteiger partial charge in [0.25, 0.3) is 0 Å². The van der Waals surface area contributed by atoms with E-state index in [4.69, 9.17) is 9.47 Å². The molecule has 2 N–H and O–H groups in total. The van der Waals surface area contributed by atoms with Crippen molar-refractivity contribution in [2.45, 2.75) is 24.3 Å². The van der Waals surface area contributed by atoms with Crippen molar-refractivity contribution in [3.63, 3.8) is 0 Å². The molecule has 4 rings (SSSR count). The summed E-state index contributed by atoms with van der Waals surface area (Å²) in [6, 6.07) is 5.92. The van der Waals surface area contributed by atoms with Crippen LogP contribution in [0.2, 0.25) is 0 Å². The van der Waals surface area contributed by atoms with Gasteiger partial charge in [0.05, 0.1) is 10.5 Å². The van der Waals surface area contributed by atoms with E-state index >= 15 is 0 Å². The van der Waals surface area contributed by atoms with Crippen molar-refractivity contribution in [3.8, 4) is 11.5 Å². The Balaban J connectivity index is 1.82. The summed E-state index contributed by atoms with van der Waals surface area (Å²) >= 11 is 1.61. The summed E-state index contributed by atoms with van der Waals surface area (Å²) in [4.78, 5) is 12.1. The van der Waals surface area contributed by atoms with Gasteiger partial charge in [0.2, 0.25) is 12.7 Å². The molecule has 7 heteroatoms. The lowest BCUT2D eigenvalue weighted by Crippen LogP contribution is -2.21. The van der Waals surface area contributed by atoms with Gasteiger partial charge in [-0.1, -0.05) is 6.07 Å². The lowest BCUT2D eigenvalue weighted by Gasteiger charge is -2.17. The summed E-state index contributed by atoms with van der Waals surface area (Å²) in [5, 5.41) is 9.92. The number of ether oxygens (including phenoxy) is 2. The highest BCUT2D eigenvalue weighted by molar-refractivity contribution is 8.01. The molecule has 1 aromatic heterocycles. The Morgan fingerprint density at radius 3 is 3.00 bits per heavy atom. The van der Waals surface area contributed by atoms with Crippen LogP contribution in [0.25, 0.3) is 0 Å². The Kier molecular flexibility index (Phi) is 3.04. The molecular weight excluding hydrogens is 302 g/mol. The van der Waals surface area contributed by atoms with Crippen LogP contribution < -0.4 is 14.8 Å². The van der Waals surface area contributed by atoms with E-state index in [0.29, 0.717) is 5.82 Å². The van der Waals surface area contributed by atoms with Crippen LogP contribution in [0.4, 0.5) is 5.82 Å². The number of H-pyrrole nitrogens is 1. The first kappa shape index (κ1) is 13.5. The summed E-state index contributed by atoms with van der Waals surface area (Å²) in [6.45, 7) is 4.13. The number of rotatable bonds is 1. The smallest absolute Gasteiger partial charge is 0.238 e. The highest BCUT2D eigenvalue weighted by Crippen LogP contribution is 2.46. The fourth-order valence-corrected chi connectivity index (χ4v) is 4.05. The number of hydrogen-bond donors (Lipinski definition) is 2. The first-order chi connectivity index (χ1) is 10.6. The average Bonchev–Trinajstić information content (AvgIpc) is 3.08. The van der Waals surface area contributed by atoms with Gasteiger partial charge < -0.3 is 14.8 Å². The number of benzene rings is 1. The SMILES string of the molecule is Cc1[nH]nc2c1[C@H](c1ccc3c(c1)OCO3)S[C@H](C)C(=O)N2. The minimum absolute atomic E-state index is 0.0113. The predicted octanol–water partition coefficient (Wildman–Crippen LogP) is 2.61. The second kappa shape index (κ2) is 4.95. The van der Waals surface area contributed by atoms with Gasteiger partial charge in [-0.25, -0.2) is 0 Å². The number of nitrogens with zero attached hydrogens (tertiary/aromatic N) is 1. The molecule has 0 fully saturated rings. The molecule has 6 nitrogen and oxygen atoms in total. The van der Waals surface area contributed by atoms with Crippen LogP contribution in [0, 0.1) is 6.92 Å². The minimum atomic E-state index is -0.163. The molecule has 1 aromatic carbocycles. The van der Waals surface area contributed by atoms with E-state index in [1.165, 1.54) is 0 Å². The van der Waals surface area contributed by atoms with Gasteiger partial charge in [0, 0.05) is 11.3 Å². The quantitative estimate of drug-likeness (QED) is 0.845. The zero-order valence-electron chi connectivity index (χ0n) is 12.2. The van der Waals surface area contributed by atoms with E-state index in [9.17, 15) is 4.79 Å². The topological polar surface area (TPSA) is 76.2 Å². The van der Waals surface area contributed by atoms with Crippen molar-refractivity contribution < 1.29 is 14.3 Å². The number of hydrogen-bond acceptors (Lipinski definition) is 5. The number of aromatic nitrogens is 2. The lowest BCUT2D eigenvalue weighted by atomic mass is 10.0. The maximum atomic E-state index is 12.1. The van der Waals surface area contributed by atoms with Gasteiger partial charge in [-0.05, 0) is 31.5 Å². The molecule has 0 radical (unpaired) electrons. The summed E-state index contributed by atoms with van der Waals surface area (Å²) in [7, 11) is 0. The second-order valence-electron chi connectivity index (χ2n) is 5.37. The Morgan fingerprint density at radius 1 is 1.32 bits per heavy atom. The molecule has 0 saturated carbocycles. The molecule has 3 heterocycles. The normalized spacial score (nSPS) is 22.9. The van der Waals surface area contributed by atoms with E-state index < -0.39 is 0 Å². The molecule has 1 amide bonds. The summed E-state index contributed by atoms with van der Waals surface area (Å²) in [6.07, 6.45) is 0. The predicted molar refractivity (Wildman–Crippen MR) is 83.4 cm³/mol. The Labute approximate surface area is 131 Å². The van der Waals surface area contributed by atoms with Crippen LogP contribution in [0.3, 0.4) is 0 Å². The first-order valence-electron chi connectivity index (χ1n) is 7.04. The van der Waals surface area contributed by atoms with Crippen molar-refractivity contribution >= 4 is 23.5 Å². The monoisotopic (exact) mass is 317 g/mol. The maximum absolute atomic E-state index is 12.1. The van der Waals surface area contributed by atoms with Crippen molar-refractivity contribution in [3.05, 3.63) is 35.0 Å². The molecule has 0 unspecified atom stereocenters. The molecule has 0 saturated heterocycles. The molecule has 2 aliphatic heterocycles. The molecular formula is C15H15N3O3S. The van der Waals surface area contributed by atoms with Gasteiger partial charge in [-0.15, -0.1) is 11.8 Å². The van der Waals surface area contributed by atoms with Crippen molar-refractivity contribution in [2.75, 3.05) is 12.1 Å². The highest BCUT2D eigenvalue weighted by Gasteiger charge is 2.32.